The smallest absolute Gasteiger partial charge is 0.269 e. The van der Waals surface area contributed by atoms with Crippen LogP contribution in [-0.2, 0) is 20.1 Å². The second-order valence-corrected chi connectivity index (χ2v) is 6.51. The molecule has 26 heavy (non-hydrogen) atoms. The summed E-state index contributed by atoms with van der Waals surface area (Å²) in [6.07, 6.45) is 1.98. The molecule has 0 aliphatic heterocycles. The molecule has 0 spiro atoms. The fourth-order valence-electron chi connectivity index (χ4n) is 3.03. The molecule has 3 rings (SSSR count). The predicted octanol–water partition coefficient (Wildman–Crippen LogP) is 3.90. The minimum Gasteiger partial charge on any atom is -0.308 e. The molecule has 134 valence electrons. The number of aromatic nitrogens is 2. The van der Waals surface area contributed by atoms with Gasteiger partial charge in [-0.2, -0.15) is 5.10 Å². The molecule has 0 aliphatic rings. The molecule has 1 N–H and O–H groups in total. The van der Waals surface area contributed by atoms with E-state index in [0.717, 1.165) is 23.4 Å². The molecule has 2 aromatic carbocycles. The van der Waals surface area contributed by atoms with E-state index in [1.54, 1.807) is 16.8 Å². The molecule has 0 bridgehead atoms. The van der Waals surface area contributed by atoms with Gasteiger partial charge in [0.2, 0.25) is 0 Å². The average molecular weight is 350 g/mol. The molecule has 6 heteroatoms. The highest BCUT2D eigenvalue weighted by molar-refractivity contribution is 5.64. The van der Waals surface area contributed by atoms with E-state index in [1.165, 1.54) is 28.8 Å². The highest BCUT2D eigenvalue weighted by Gasteiger charge is 2.12. The first-order chi connectivity index (χ1) is 12.4. The number of nitro benzene ring substituents is 1. The highest BCUT2D eigenvalue weighted by Crippen LogP contribution is 2.24. The van der Waals surface area contributed by atoms with Crippen molar-refractivity contribution in [1.29, 1.82) is 0 Å². The Morgan fingerprint density at radius 3 is 2.42 bits per heavy atom. The van der Waals surface area contributed by atoms with E-state index in [2.05, 4.69) is 42.5 Å². The molecule has 0 aliphatic carbocycles. The summed E-state index contributed by atoms with van der Waals surface area (Å²) in [5, 5.41) is 18.8. The van der Waals surface area contributed by atoms with Gasteiger partial charge in [0.25, 0.3) is 5.69 Å². The van der Waals surface area contributed by atoms with Gasteiger partial charge in [0, 0.05) is 49.6 Å². The molecule has 6 nitrogen and oxygen atoms in total. The van der Waals surface area contributed by atoms with Gasteiger partial charge < -0.3 is 5.32 Å². The van der Waals surface area contributed by atoms with Crippen LogP contribution in [0.4, 0.5) is 5.69 Å². The third-order valence-corrected chi connectivity index (χ3v) is 4.39. The number of hydrogen-bond donors (Lipinski definition) is 1. The van der Waals surface area contributed by atoms with Gasteiger partial charge in [0.1, 0.15) is 0 Å². The van der Waals surface area contributed by atoms with Crippen LogP contribution in [-0.4, -0.2) is 14.7 Å². The summed E-state index contributed by atoms with van der Waals surface area (Å²) in [6.45, 7) is 5.67. The topological polar surface area (TPSA) is 73.0 Å². The van der Waals surface area contributed by atoms with E-state index in [4.69, 9.17) is 0 Å². The van der Waals surface area contributed by atoms with E-state index in [0.29, 0.717) is 6.54 Å². The van der Waals surface area contributed by atoms with Gasteiger partial charge in [-0.3, -0.25) is 14.8 Å². The Morgan fingerprint density at radius 2 is 1.77 bits per heavy atom. The number of nitro groups is 1. The van der Waals surface area contributed by atoms with Gasteiger partial charge in [-0.05, 0) is 37.1 Å². The molecule has 0 saturated heterocycles. The van der Waals surface area contributed by atoms with Crippen molar-refractivity contribution in [3.05, 3.63) is 81.0 Å². The Labute approximate surface area is 152 Å². The molecule has 0 amide bonds. The van der Waals surface area contributed by atoms with Gasteiger partial charge in [-0.25, -0.2) is 0 Å². The maximum absolute atomic E-state index is 10.8. The Bertz CT molecular complexity index is 929. The lowest BCUT2D eigenvalue weighted by molar-refractivity contribution is -0.384. The van der Waals surface area contributed by atoms with Crippen LogP contribution in [0.15, 0.2) is 48.7 Å². The SMILES string of the molecule is Cc1ccc(CNCc2cn(C)nc2-c2ccc([N+](=O)[O-])cc2)c(C)c1. The summed E-state index contributed by atoms with van der Waals surface area (Å²) in [5.74, 6) is 0. The van der Waals surface area contributed by atoms with Crippen LogP contribution in [0.1, 0.15) is 22.3 Å². The van der Waals surface area contributed by atoms with E-state index in [-0.39, 0.29) is 5.69 Å². The number of hydrogen-bond acceptors (Lipinski definition) is 4. The van der Waals surface area contributed by atoms with Crippen LogP contribution >= 0.6 is 0 Å². The van der Waals surface area contributed by atoms with Crippen molar-refractivity contribution in [3.63, 3.8) is 0 Å². The normalized spacial score (nSPS) is 10.9. The molecule has 1 heterocycles. The van der Waals surface area contributed by atoms with Gasteiger partial charge >= 0.3 is 0 Å². The summed E-state index contributed by atoms with van der Waals surface area (Å²) < 4.78 is 1.77. The van der Waals surface area contributed by atoms with Crippen molar-refractivity contribution in [2.75, 3.05) is 0 Å². The summed E-state index contributed by atoms with van der Waals surface area (Å²) in [5.41, 5.74) is 6.68. The van der Waals surface area contributed by atoms with E-state index < -0.39 is 4.92 Å². The first-order valence-electron chi connectivity index (χ1n) is 8.48. The molecule has 3 aromatic rings. The fourth-order valence-corrected chi connectivity index (χ4v) is 3.03. The second-order valence-electron chi connectivity index (χ2n) is 6.51. The molecule has 1 aromatic heterocycles. The lowest BCUT2D eigenvalue weighted by atomic mass is 10.1. The number of rotatable bonds is 6. The molecule has 0 atom stereocenters. The van der Waals surface area contributed by atoms with E-state index in [1.807, 2.05) is 13.2 Å². The third-order valence-electron chi connectivity index (χ3n) is 4.39. The van der Waals surface area contributed by atoms with Crippen LogP contribution in [0, 0.1) is 24.0 Å². The molecular weight excluding hydrogens is 328 g/mol. The summed E-state index contributed by atoms with van der Waals surface area (Å²) in [7, 11) is 1.88. The van der Waals surface area contributed by atoms with Crippen molar-refractivity contribution in [1.82, 2.24) is 15.1 Å². The fraction of sp³-hybridized carbons (Fsp3) is 0.250. The zero-order chi connectivity index (χ0) is 18.7. The van der Waals surface area contributed by atoms with Crippen molar-refractivity contribution in [3.8, 4) is 11.3 Å². The maximum Gasteiger partial charge on any atom is 0.269 e. The number of non-ortho nitro benzene ring substituents is 1. The Balaban J connectivity index is 1.73. The zero-order valence-corrected chi connectivity index (χ0v) is 15.2. The maximum atomic E-state index is 10.8. The predicted molar refractivity (Wildman–Crippen MR) is 102 cm³/mol. The number of nitrogens with zero attached hydrogens (tertiary/aromatic N) is 3. The monoisotopic (exact) mass is 350 g/mol. The summed E-state index contributed by atoms with van der Waals surface area (Å²) >= 11 is 0. The highest BCUT2D eigenvalue weighted by atomic mass is 16.6. The van der Waals surface area contributed by atoms with Crippen molar-refractivity contribution in [2.24, 2.45) is 7.05 Å². The van der Waals surface area contributed by atoms with Crippen molar-refractivity contribution in [2.45, 2.75) is 26.9 Å². The molecular formula is C20H22N4O2. The second kappa shape index (κ2) is 7.49. The number of aryl methyl sites for hydroxylation is 3. The first-order valence-corrected chi connectivity index (χ1v) is 8.48. The lowest BCUT2D eigenvalue weighted by Crippen LogP contribution is -2.13. The molecule has 0 fully saturated rings. The first kappa shape index (κ1) is 17.8. The standard InChI is InChI=1S/C20H22N4O2/c1-14-4-5-17(15(2)10-14)11-21-12-18-13-23(3)22-20(18)16-6-8-19(9-7-16)24(25)26/h4-10,13,21H,11-12H2,1-3H3. The molecule has 0 unspecified atom stereocenters. The largest absolute Gasteiger partial charge is 0.308 e. The van der Waals surface area contributed by atoms with Gasteiger partial charge in [0.15, 0.2) is 0 Å². The van der Waals surface area contributed by atoms with Crippen LogP contribution in [0.2, 0.25) is 0 Å². The van der Waals surface area contributed by atoms with E-state index in [9.17, 15) is 10.1 Å². The third kappa shape index (κ3) is 3.97. The van der Waals surface area contributed by atoms with Crippen LogP contribution < -0.4 is 5.32 Å². The summed E-state index contributed by atoms with van der Waals surface area (Å²) in [4.78, 5) is 10.4. The minimum atomic E-state index is -0.394. The van der Waals surface area contributed by atoms with E-state index >= 15 is 0 Å². The van der Waals surface area contributed by atoms with Gasteiger partial charge in [-0.1, -0.05) is 23.8 Å². The van der Waals surface area contributed by atoms with Crippen LogP contribution in [0.3, 0.4) is 0 Å². The van der Waals surface area contributed by atoms with Crippen molar-refractivity contribution < 1.29 is 4.92 Å². The quantitative estimate of drug-likeness (QED) is 0.540. The van der Waals surface area contributed by atoms with Gasteiger partial charge in [0.05, 0.1) is 10.6 Å². The van der Waals surface area contributed by atoms with Gasteiger partial charge in [-0.15, -0.1) is 0 Å². The Kier molecular flexibility index (Phi) is 5.14. The molecule has 0 saturated carbocycles. The summed E-state index contributed by atoms with van der Waals surface area (Å²) in [6, 6.07) is 13.0. The number of nitrogens with one attached hydrogen (secondary N) is 1. The van der Waals surface area contributed by atoms with Crippen LogP contribution in [0.25, 0.3) is 11.3 Å². The average Bonchev–Trinajstić information content (AvgIpc) is 2.97. The lowest BCUT2D eigenvalue weighted by Gasteiger charge is -2.09. The molecule has 0 radical (unpaired) electrons. The Morgan fingerprint density at radius 1 is 1.08 bits per heavy atom. The van der Waals surface area contributed by atoms with Crippen LogP contribution in [0.5, 0.6) is 0 Å². The number of benzene rings is 2. The Hall–Kier alpha value is -2.99. The zero-order valence-electron chi connectivity index (χ0n) is 15.2. The van der Waals surface area contributed by atoms with Crippen molar-refractivity contribution >= 4 is 5.69 Å². The minimum absolute atomic E-state index is 0.0826.